The number of carbonyl (C=O) groups excluding carboxylic acids is 1. The molecule has 3 rings (SSSR count). The molecule has 2 aromatic heterocycles. The number of carbonyl (C=O) groups is 1. The van der Waals surface area contributed by atoms with E-state index in [1.165, 1.54) is 4.88 Å². The molecule has 1 atom stereocenters. The number of likely N-dealkylation sites (tertiary alicyclic amines) is 1. The highest BCUT2D eigenvalue weighted by Crippen LogP contribution is 2.19. The van der Waals surface area contributed by atoms with Gasteiger partial charge in [-0.05, 0) is 38.1 Å². The molecule has 1 fully saturated rings. The molecule has 1 saturated heterocycles. The van der Waals surface area contributed by atoms with Crippen LogP contribution >= 0.6 is 35.3 Å². The van der Waals surface area contributed by atoms with Gasteiger partial charge in [0, 0.05) is 25.0 Å². The zero-order chi connectivity index (χ0) is 19.9. The number of hydrogen-bond donors (Lipinski definition) is 1. The van der Waals surface area contributed by atoms with Crippen molar-refractivity contribution in [3.8, 4) is 0 Å². The molecule has 3 heterocycles. The molecule has 0 radical (unpaired) electrons. The molecule has 0 saturated carbocycles. The van der Waals surface area contributed by atoms with Gasteiger partial charge in [0.15, 0.2) is 11.8 Å². The molecule has 1 unspecified atom stereocenters. The quantitative estimate of drug-likeness (QED) is 0.267. The lowest BCUT2D eigenvalue weighted by Gasteiger charge is -2.34. The first-order chi connectivity index (χ1) is 13.6. The van der Waals surface area contributed by atoms with E-state index in [9.17, 15) is 4.79 Å². The molecule has 0 bridgehead atoms. The van der Waals surface area contributed by atoms with E-state index in [2.05, 4.69) is 31.9 Å². The Morgan fingerprint density at radius 3 is 2.93 bits per heavy atom. The number of ether oxygens (including phenoxy) is 1. The average molecular weight is 532 g/mol. The van der Waals surface area contributed by atoms with Gasteiger partial charge in [0.1, 0.15) is 12.4 Å². The van der Waals surface area contributed by atoms with Crippen LogP contribution in [0.15, 0.2) is 22.5 Å². The van der Waals surface area contributed by atoms with Gasteiger partial charge in [0.05, 0.1) is 19.1 Å². The molecule has 1 N–H and O–H groups in total. The number of esters is 1. The van der Waals surface area contributed by atoms with Crippen LogP contribution in [0.3, 0.4) is 0 Å². The van der Waals surface area contributed by atoms with Crippen molar-refractivity contribution in [2.75, 3.05) is 19.7 Å². The number of guanidine groups is 1. The first-order valence-corrected chi connectivity index (χ1v) is 10.5. The Labute approximate surface area is 192 Å². The number of rotatable bonds is 6. The molecule has 0 aliphatic carbocycles. The van der Waals surface area contributed by atoms with Gasteiger partial charge in [-0.2, -0.15) is 0 Å². The summed E-state index contributed by atoms with van der Waals surface area (Å²) in [6.45, 7) is 6.80. The van der Waals surface area contributed by atoms with Crippen LogP contribution in [0.2, 0.25) is 0 Å². The van der Waals surface area contributed by atoms with Gasteiger partial charge in [-0.15, -0.1) is 45.5 Å². The number of thiophene rings is 1. The lowest BCUT2D eigenvalue weighted by Crippen LogP contribution is -2.48. The molecule has 1 aliphatic heterocycles. The summed E-state index contributed by atoms with van der Waals surface area (Å²) in [6.07, 6.45) is 1.79. The molecule has 1 aliphatic rings. The van der Waals surface area contributed by atoms with Crippen molar-refractivity contribution >= 4 is 47.2 Å². The van der Waals surface area contributed by atoms with Crippen LogP contribution in [-0.2, 0) is 29.7 Å². The Kier molecular flexibility index (Phi) is 9.34. The maximum atomic E-state index is 12.2. The third kappa shape index (κ3) is 6.39. The molecular weight excluding hydrogens is 503 g/mol. The predicted molar refractivity (Wildman–Crippen MR) is 124 cm³/mol. The van der Waals surface area contributed by atoms with E-state index in [0.29, 0.717) is 26.2 Å². The Balaban J connectivity index is 0.00000300. The van der Waals surface area contributed by atoms with Gasteiger partial charge in [0.2, 0.25) is 0 Å². The van der Waals surface area contributed by atoms with Crippen LogP contribution in [0.4, 0.5) is 0 Å². The maximum Gasteiger partial charge on any atom is 0.310 e. The van der Waals surface area contributed by atoms with Crippen molar-refractivity contribution in [2.24, 2.45) is 18.0 Å². The number of piperidine rings is 1. The van der Waals surface area contributed by atoms with Crippen LogP contribution in [0.5, 0.6) is 0 Å². The molecule has 2 aromatic rings. The fraction of sp³-hybridized carbons (Fsp3) is 0.579. The average Bonchev–Trinajstić information content (AvgIpc) is 3.33. The monoisotopic (exact) mass is 532 g/mol. The molecule has 8 nitrogen and oxygen atoms in total. The van der Waals surface area contributed by atoms with Crippen molar-refractivity contribution in [1.82, 2.24) is 25.0 Å². The van der Waals surface area contributed by atoms with Gasteiger partial charge in [-0.3, -0.25) is 4.79 Å². The number of aryl methyl sites for hydroxylation is 1. The standard InChI is InChI=1S/C19H28N6O2S.HI/c1-4-27-18(26)15-7-5-9-25(13-15)19(20-11-16-8-6-10-28-16)21-12-17-23-22-14(2)24(17)3;/h6,8,10,15H,4-5,7,9,11-13H2,1-3H3,(H,20,21);1H. The third-order valence-corrected chi connectivity index (χ3v) is 5.77. The molecular formula is C19H29IN6O2S. The second-order valence-electron chi connectivity index (χ2n) is 6.83. The van der Waals surface area contributed by atoms with Crippen LogP contribution in [0.25, 0.3) is 0 Å². The number of nitrogens with one attached hydrogen (secondary N) is 1. The molecule has 0 aromatic carbocycles. The van der Waals surface area contributed by atoms with Crippen molar-refractivity contribution in [1.29, 1.82) is 0 Å². The van der Waals surface area contributed by atoms with E-state index < -0.39 is 0 Å². The lowest BCUT2D eigenvalue weighted by molar-refractivity contribution is -0.149. The Morgan fingerprint density at radius 2 is 2.28 bits per heavy atom. The van der Waals surface area contributed by atoms with Gasteiger partial charge in [-0.25, -0.2) is 4.99 Å². The smallest absolute Gasteiger partial charge is 0.310 e. The second-order valence-corrected chi connectivity index (χ2v) is 7.86. The summed E-state index contributed by atoms with van der Waals surface area (Å²) in [4.78, 5) is 20.4. The minimum atomic E-state index is -0.117. The van der Waals surface area contributed by atoms with E-state index in [4.69, 9.17) is 9.73 Å². The highest BCUT2D eigenvalue weighted by Gasteiger charge is 2.28. The summed E-state index contributed by atoms with van der Waals surface area (Å²) in [5, 5.41) is 13.8. The first-order valence-electron chi connectivity index (χ1n) is 9.65. The Hall–Kier alpha value is -1.69. The minimum Gasteiger partial charge on any atom is -0.466 e. The van der Waals surface area contributed by atoms with Crippen LogP contribution in [-0.4, -0.2) is 51.3 Å². The number of aliphatic imine (C=N–C) groups is 1. The van der Waals surface area contributed by atoms with Gasteiger partial charge < -0.3 is 19.5 Å². The number of hydrogen-bond acceptors (Lipinski definition) is 6. The Bertz CT molecular complexity index is 808. The van der Waals surface area contributed by atoms with Crippen LogP contribution < -0.4 is 5.32 Å². The summed E-state index contributed by atoms with van der Waals surface area (Å²) in [5.74, 6) is 2.24. The second kappa shape index (κ2) is 11.5. The number of nitrogens with zero attached hydrogens (tertiary/aromatic N) is 5. The van der Waals surface area contributed by atoms with Crippen molar-refractivity contribution in [3.05, 3.63) is 34.0 Å². The summed E-state index contributed by atoms with van der Waals surface area (Å²) >= 11 is 1.71. The van der Waals surface area contributed by atoms with Crippen LogP contribution in [0.1, 0.15) is 36.3 Å². The fourth-order valence-electron chi connectivity index (χ4n) is 3.20. The van der Waals surface area contributed by atoms with Gasteiger partial charge >= 0.3 is 5.97 Å². The van der Waals surface area contributed by atoms with E-state index in [1.54, 1.807) is 11.3 Å². The summed E-state index contributed by atoms with van der Waals surface area (Å²) < 4.78 is 7.17. The largest absolute Gasteiger partial charge is 0.466 e. The maximum absolute atomic E-state index is 12.2. The van der Waals surface area contributed by atoms with E-state index >= 15 is 0 Å². The number of halogens is 1. The van der Waals surface area contributed by atoms with Crippen molar-refractivity contribution in [3.63, 3.8) is 0 Å². The van der Waals surface area contributed by atoms with Crippen molar-refractivity contribution < 1.29 is 9.53 Å². The minimum absolute atomic E-state index is 0. The highest BCUT2D eigenvalue weighted by atomic mass is 127. The number of aromatic nitrogens is 3. The molecule has 160 valence electrons. The normalized spacial score (nSPS) is 17.0. The van der Waals surface area contributed by atoms with E-state index in [1.807, 2.05) is 31.5 Å². The lowest BCUT2D eigenvalue weighted by atomic mass is 9.98. The zero-order valence-electron chi connectivity index (χ0n) is 17.1. The molecule has 0 amide bonds. The van der Waals surface area contributed by atoms with E-state index in [-0.39, 0.29) is 35.9 Å². The zero-order valence-corrected chi connectivity index (χ0v) is 20.3. The molecule has 0 spiro atoms. The van der Waals surface area contributed by atoms with Crippen LogP contribution in [0, 0.1) is 12.8 Å². The summed E-state index contributed by atoms with van der Waals surface area (Å²) in [5.41, 5.74) is 0. The third-order valence-electron chi connectivity index (χ3n) is 4.89. The topological polar surface area (TPSA) is 84.6 Å². The SMILES string of the molecule is CCOC(=O)C1CCCN(C(=NCc2nnc(C)n2C)NCc2cccs2)C1.I. The van der Waals surface area contributed by atoms with Crippen molar-refractivity contribution in [2.45, 2.75) is 39.8 Å². The summed E-state index contributed by atoms with van der Waals surface area (Å²) in [7, 11) is 1.94. The molecule has 10 heteroatoms. The Morgan fingerprint density at radius 1 is 1.45 bits per heavy atom. The predicted octanol–water partition coefficient (Wildman–Crippen LogP) is 2.72. The molecule has 29 heavy (non-hydrogen) atoms. The van der Waals surface area contributed by atoms with Gasteiger partial charge in [-0.1, -0.05) is 6.07 Å². The first kappa shape index (κ1) is 23.6. The highest BCUT2D eigenvalue weighted by molar-refractivity contribution is 14.0. The van der Waals surface area contributed by atoms with E-state index in [0.717, 1.165) is 37.0 Å². The summed E-state index contributed by atoms with van der Waals surface area (Å²) in [6, 6.07) is 4.14. The fourth-order valence-corrected chi connectivity index (χ4v) is 3.85. The van der Waals surface area contributed by atoms with Gasteiger partial charge in [0.25, 0.3) is 0 Å².